The molecule has 0 saturated heterocycles. The molecular weight excluding hydrogens is 597 g/mol. The molecule has 4 rings (SSSR count). The molecule has 0 radical (unpaired) electrons. The van der Waals surface area contributed by atoms with Crippen LogP contribution in [0.5, 0.6) is 5.75 Å². The van der Waals surface area contributed by atoms with Crippen molar-refractivity contribution in [1.82, 2.24) is 9.97 Å². The Balaban J connectivity index is 1.88. The summed E-state index contributed by atoms with van der Waals surface area (Å²) in [4.78, 5) is 8.44. The molecule has 0 aliphatic rings. The number of ether oxygens (including phenoxy) is 1. The van der Waals surface area contributed by atoms with Crippen LogP contribution in [0.1, 0.15) is 18.5 Å². The largest absolute Gasteiger partial charge is 0.573 e. The molecule has 2 heterocycles. The minimum Gasteiger partial charge on any atom is -0.440 e. The zero-order chi connectivity index (χ0) is 30.8. The van der Waals surface area contributed by atoms with Gasteiger partial charge >= 0.3 is 6.36 Å². The molecule has 3 N–H and O–H groups in total. The summed E-state index contributed by atoms with van der Waals surface area (Å²) in [6.07, 6.45) is -0.994. The van der Waals surface area contributed by atoms with Gasteiger partial charge < -0.3 is 25.0 Å². The molecule has 9 nitrogen and oxygen atoms in total. The predicted octanol–water partition coefficient (Wildman–Crippen LogP) is 6.71. The topological polar surface area (TPSA) is 138 Å². The van der Waals surface area contributed by atoms with E-state index in [-0.39, 0.29) is 33.0 Å². The van der Waals surface area contributed by atoms with E-state index in [9.17, 15) is 26.7 Å². The van der Waals surface area contributed by atoms with Crippen molar-refractivity contribution in [2.45, 2.75) is 31.7 Å². The van der Waals surface area contributed by atoms with Gasteiger partial charge in [0, 0.05) is 53.7 Å². The van der Waals surface area contributed by atoms with Gasteiger partial charge in [-0.1, -0.05) is 17.7 Å². The summed E-state index contributed by atoms with van der Waals surface area (Å²) in [5, 5.41) is 20.5. The van der Waals surface area contributed by atoms with Crippen molar-refractivity contribution < 1.29 is 35.8 Å². The van der Waals surface area contributed by atoms with E-state index in [2.05, 4.69) is 20.0 Å². The maximum atomic E-state index is 12.7. The van der Waals surface area contributed by atoms with Gasteiger partial charge in [0.25, 0.3) is 0 Å². The number of alkyl halides is 3. The molecule has 14 heteroatoms. The molecule has 0 saturated carbocycles. The molecule has 0 bridgehead atoms. The highest BCUT2D eigenvalue weighted by Gasteiger charge is 2.31. The monoisotopic (exact) mass is 620 g/mol. The maximum absolute atomic E-state index is 12.7. The number of hydrogen-bond donors (Lipinski definition) is 3. The minimum atomic E-state index is -4.84. The molecule has 0 aliphatic heterocycles. The molecule has 0 amide bonds. The van der Waals surface area contributed by atoms with Crippen LogP contribution in [-0.2, 0) is 16.4 Å². The number of allylic oxidation sites excluding steroid dienone is 1. The third-order valence-electron chi connectivity index (χ3n) is 5.89. The Morgan fingerprint density at radius 3 is 2.40 bits per heavy atom. The first-order chi connectivity index (χ1) is 19.7. The molecule has 2 aromatic carbocycles. The third-order valence-corrected chi connectivity index (χ3v) is 7.43. The average Bonchev–Trinajstić information content (AvgIpc) is 3.31. The molecule has 0 spiro atoms. The van der Waals surface area contributed by atoms with Crippen LogP contribution in [0.25, 0.3) is 33.7 Å². The Hall–Kier alpha value is -4.20. The lowest BCUT2D eigenvalue weighted by Gasteiger charge is -2.13. The second-order valence-electron chi connectivity index (χ2n) is 9.10. The van der Waals surface area contributed by atoms with E-state index >= 15 is 0 Å². The van der Waals surface area contributed by atoms with Crippen LogP contribution >= 0.6 is 11.6 Å². The second kappa shape index (κ2) is 12.0. The lowest BCUT2D eigenvalue weighted by Crippen LogP contribution is -2.16. The van der Waals surface area contributed by atoms with Crippen molar-refractivity contribution in [2.75, 3.05) is 11.6 Å². The van der Waals surface area contributed by atoms with Gasteiger partial charge in [0.15, 0.2) is 21.5 Å². The number of halogens is 4. The van der Waals surface area contributed by atoms with Gasteiger partial charge in [-0.25, -0.2) is 13.4 Å². The number of benzene rings is 2. The van der Waals surface area contributed by atoms with Crippen molar-refractivity contribution in [3.63, 3.8) is 0 Å². The molecular formula is C28H24ClF3N4O5S. The van der Waals surface area contributed by atoms with Gasteiger partial charge in [0.2, 0.25) is 0 Å². The summed E-state index contributed by atoms with van der Waals surface area (Å²) < 4.78 is 72.6. The highest BCUT2D eigenvalue weighted by Crippen LogP contribution is 2.40. The number of oxazole rings is 1. The quantitative estimate of drug-likeness (QED) is 0.176. The normalized spacial score (nSPS) is 12.3. The number of rotatable bonds is 9. The van der Waals surface area contributed by atoms with E-state index in [1.807, 2.05) is 0 Å². The van der Waals surface area contributed by atoms with Crippen molar-refractivity contribution in [1.29, 1.82) is 5.41 Å². The first kappa shape index (κ1) is 30.8. The molecule has 0 fully saturated rings. The Kier molecular flexibility index (Phi) is 8.76. The first-order valence-electron chi connectivity index (χ1n) is 12.1. The Bertz CT molecular complexity index is 1790. The number of sulfone groups is 1. The van der Waals surface area contributed by atoms with Gasteiger partial charge in [-0.2, -0.15) is 0 Å². The van der Waals surface area contributed by atoms with Crippen LogP contribution in [0.4, 0.5) is 18.9 Å². The molecule has 0 unspecified atom stereocenters. The number of nitrogens with one attached hydrogen (secondary N) is 2. The number of aromatic nitrogens is 2. The number of hydrogen-bond acceptors (Lipinski definition) is 9. The SMILES string of the molecule is CC(=N)/C(Cl)=C\Nc1ccc(-c2cnc(CO)c(S(C)(=O)=O)c2)cc1-c1oc(C)nc1-c1ccc(OC(F)(F)F)cc1. The van der Waals surface area contributed by atoms with E-state index in [4.69, 9.17) is 21.4 Å². The van der Waals surface area contributed by atoms with Crippen LogP contribution in [0.3, 0.4) is 0 Å². The summed E-state index contributed by atoms with van der Waals surface area (Å²) in [5.74, 6) is 0.115. The number of aliphatic hydroxyl groups excluding tert-OH is 1. The summed E-state index contributed by atoms with van der Waals surface area (Å²) in [6, 6.07) is 11.6. The summed E-state index contributed by atoms with van der Waals surface area (Å²) in [6.45, 7) is 2.55. The number of nitrogens with zero attached hydrogens (tertiary/aromatic N) is 2. The van der Waals surface area contributed by atoms with Crippen LogP contribution < -0.4 is 10.1 Å². The Morgan fingerprint density at radius 2 is 1.81 bits per heavy atom. The molecule has 220 valence electrons. The van der Waals surface area contributed by atoms with Gasteiger partial charge in [0.05, 0.1) is 22.2 Å². The van der Waals surface area contributed by atoms with Gasteiger partial charge in [-0.05, 0) is 55.0 Å². The van der Waals surface area contributed by atoms with Gasteiger partial charge in [0.1, 0.15) is 11.4 Å². The van der Waals surface area contributed by atoms with Crippen molar-refractivity contribution in [2.24, 2.45) is 0 Å². The Labute approximate surface area is 244 Å². The smallest absolute Gasteiger partial charge is 0.440 e. The minimum absolute atomic E-state index is 0.00708. The molecule has 0 atom stereocenters. The predicted molar refractivity (Wildman–Crippen MR) is 152 cm³/mol. The highest BCUT2D eigenvalue weighted by molar-refractivity contribution is 7.90. The first-order valence-corrected chi connectivity index (χ1v) is 14.4. The van der Waals surface area contributed by atoms with Gasteiger partial charge in [-0.3, -0.25) is 4.98 Å². The van der Waals surface area contributed by atoms with E-state index in [0.717, 1.165) is 18.4 Å². The molecule has 42 heavy (non-hydrogen) atoms. The zero-order valence-electron chi connectivity index (χ0n) is 22.4. The third kappa shape index (κ3) is 7.16. The summed E-state index contributed by atoms with van der Waals surface area (Å²) in [7, 11) is -3.71. The van der Waals surface area contributed by atoms with Crippen molar-refractivity contribution in [3.8, 4) is 39.5 Å². The number of aryl methyl sites for hydroxylation is 1. The number of anilines is 1. The molecule has 4 aromatic rings. The summed E-state index contributed by atoms with van der Waals surface area (Å²) in [5.41, 5.74) is 2.74. The fourth-order valence-corrected chi connectivity index (χ4v) is 4.92. The lowest BCUT2D eigenvalue weighted by molar-refractivity contribution is -0.274. The van der Waals surface area contributed by atoms with Crippen LogP contribution in [-0.4, -0.2) is 41.8 Å². The van der Waals surface area contributed by atoms with E-state index in [1.54, 1.807) is 25.1 Å². The van der Waals surface area contributed by atoms with E-state index in [1.165, 1.54) is 37.5 Å². The average molecular weight is 621 g/mol. The van der Waals surface area contributed by atoms with Crippen LogP contribution in [0, 0.1) is 12.3 Å². The standard InChI is InChI=1S/C28H24ClF3N4O5S/c1-15(33)22(29)13-35-23-9-6-18(19-11-25(42(3,38)39)24(14-37)34-12-19)10-21(23)27-26(36-16(2)40-27)17-4-7-20(8-5-17)41-28(30,31)32/h4-13,33,35,37H,14H2,1-3H3/b22-13+,33-15?. The lowest BCUT2D eigenvalue weighted by atomic mass is 9.99. The van der Waals surface area contributed by atoms with Gasteiger partial charge in [-0.15, -0.1) is 13.2 Å². The van der Waals surface area contributed by atoms with E-state index < -0.39 is 28.6 Å². The zero-order valence-corrected chi connectivity index (χ0v) is 23.9. The maximum Gasteiger partial charge on any atom is 0.573 e. The molecule has 2 aromatic heterocycles. The van der Waals surface area contributed by atoms with E-state index in [0.29, 0.717) is 33.6 Å². The fraction of sp³-hybridized carbons (Fsp3) is 0.179. The number of aliphatic hydroxyl groups is 1. The summed E-state index contributed by atoms with van der Waals surface area (Å²) >= 11 is 6.13. The second-order valence-corrected chi connectivity index (χ2v) is 11.5. The van der Waals surface area contributed by atoms with Crippen molar-refractivity contribution >= 4 is 32.8 Å². The fourth-order valence-electron chi connectivity index (χ4n) is 3.98. The number of pyridine rings is 1. The van der Waals surface area contributed by atoms with Crippen LogP contribution in [0.2, 0.25) is 0 Å². The highest BCUT2D eigenvalue weighted by atomic mass is 35.5. The molecule has 0 aliphatic carbocycles. The van der Waals surface area contributed by atoms with Crippen LogP contribution in [0.15, 0.2) is 75.3 Å². The van der Waals surface area contributed by atoms with Crippen molar-refractivity contribution in [3.05, 3.63) is 77.5 Å². The Morgan fingerprint density at radius 1 is 1.14 bits per heavy atom.